The van der Waals surface area contributed by atoms with Crippen LogP contribution in [0.3, 0.4) is 0 Å². The van der Waals surface area contributed by atoms with E-state index in [9.17, 15) is 4.79 Å². The average Bonchev–Trinajstić information content (AvgIpc) is 2.94. The minimum absolute atomic E-state index is 0.0688. The van der Waals surface area contributed by atoms with Crippen molar-refractivity contribution in [1.82, 2.24) is 19.5 Å². The summed E-state index contributed by atoms with van der Waals surface area (Å²) in [6.45, 7) is 2.87. The lowest BCUT2D eigenvalue weighted by Gasteiger charge is -2.07. The maximum absolute atomic E-state index is 11.8. The molecule has 0 N–H and O–H groups in total. The molecule has 2 aromatic heterocycles. The van der Waals surface area contributed by atoms with E-state index in [1.807, 2.05) is 11.5 Å². The Bertz CT molecular complexity index is 575. The predicted octanol–water partition coefficient (Wildman–Crippen LogP) is 1.68. The van der Waals surface area contributed by atoms with Gasteiger partial charge >= 0.3 is 0 Å². The maximum Gasteiger partial charge on any atom is 0.163 e. The van der Waals surface area contributed by atoms with Crippen LogP contribution in [0, 0.1) is 0 Å². The van der Waals surface area contributed by atoms with Crippen LogP contribution in [0.5, 0.6) is 0 Å². The van der Waals surface area contributed by atoms with Gasteiger partial charge in [0.15, 0.2) is 5.65 Å². The van der Waals surface area contributed by atoms with Crippen LogP contribution < -0.4 is 0 Å². The van der Waals surface area contributed by atoms with Crippen LogP contribution in [-0.4, -0.2) is 25.3 Å². The van der Waals surface area contributed by atoms with Gasteiger partial charge in [0.2, 0.25) is 0 Å². The van der Waals surface area contributed by atoms with Crippen molar-refractivity contribution in [2.45, 2.75) is 38.6 Å². The van der Waals surface area contributed by atoms with Gasteiger partial charge in [0.25, 0.3) is 0 Å². The molecule has 2 heterocycles. The molecule has 0 amide bonds. The molecule has 1 aliphatic carbocycles. The number of aromatic nitrogens is 4. The summed E-state index contributed by atoms with van der Waals surface area (Å²) < 4.78 is 1.97. The highest BCUT2D eigenvalue weighted by Gasteiger charge is 2.29. The number of nitrogens with zero attached hydrogens (tertiary/aromatic N) is 4. The molecule has 0 aliphatic heterocycles. The lowest BCUT2D eigenvalue weighted by Crippen LogP contribution is -2.08. The van der Waals surface area contributed by atoms with E-state index in [0.717, 1.165) is 36.2 Å². The second kappa shape index (κ2) is 3.91. The predicted molar refractivity (Wildman–Crippen MR) is 62.6 cm³/mol. The standard InChI is InChI=1S/C12H14N4O/c1-2-16-7-15-11-10(13-6-14-12(11)16)8-4-3-5-9(8)17/h6-8H,2-5H2,1H3. The Labute approximate surface area is 98.9 Å². The minimum atomic E-state index is -0.0688. The highest BCUT2D eigenvalue weighted by molar-refractivity contribution is 5.90. The zero-order chi connectivity index (χ0) is 11.8. The number of hydrogen-bond donors (Lipinski definition) is 0. The molecule has 0 aromatic carbocycles. The number of hydrogen-bond acceptors (Lipinski definition) is 4. The Hall–Kier alpha value is -1.78. The second-order valence-electron chi connectivity index (χ2n) is 4.37. The van der Waals surface area contributed by atoms with Crippen molar-refractivity contribution < 1.29 is 4.79 Å². The first-order valence-electron chi connectivity index (χ1n) is 5.99. The summed E-state index contributed by atoms with van der Waals surface area (Å²) in [6.07, 6.45) is 5.83. The Morgan fingerprint density at radius 3 is 3.00 bits per heavy atom. The summed E-state index contributed by atoms with van der Waals surface area (Å²) in [5.74, 6) is 0.219. The summed E-state index contributed by atoms with van der Waals surface area (Å²) in [7, 11) is 0. The molecule has 1 atom stereocenters. The largest absolute Gasteiger partial charge is 0.315 e. The lowest BCUT2D eigenvalue weighted by atomic mass is 10.0. The second-order valence-corrected chi connectivity index (χ2v) is 4.37. The zero-order valence-corrected chi connectivity index (χ0v) is 9.76. The van der Waals surface area contributed by atoms with Gasteiger partial charge in [0, 0.05) is 13.0 Å². The Morgan fingerprint density at radius 2 is 2.29 bits per heavy atom. The fourth-order valence-corrected chi connectivity index (χ4v) is 2.49. The van der Waals surface area contributed by atoms with Gasteiger partial charge in [-0.25, -0.2) is 15.0 Å². The Morgan fingerprint density at radius 1 is 1.41 bits per heavy atom. The molecule has 0 saturated heterocycles. The fraction of sp³-hybridized carbons (Fsp3) is 0.500. The molecule has 3 rings (SSSR count). The van der Waals surface area contributed by atoms with Gasteiger partial charge in [-0.2, -0.15) is 0 Å². The molecule has 0 bridgehead atoms. The smallest absolute Gasteiger partial charge is 0.163 e. The fourth-order valence-electron chi connectivity index (χ4n) is 2.49. The Kier molecular flexibility index (Phi) is 2.39. The molecule has 1 aliphatic rings. The topological polar surface area (TPSA) is 60.7 Å². The maximum atomic E-state index is 11.8. The van der Waals surface area contributed by atoms with Crippen LogP contribution in [-0.2, 0) is 11.3 Å². The van der Waals surface area contributed by atoms with Crippen LogP contribution in [0.2, 0.25) is 0 Å². The van der Waals surface area contributed by atoms with Gasteiger partial charge in [0.1, 0.15) is 17.6 Å². The number of aryl methyl sites for hydroxylation is 1. The van der Waals surface area contributed by atoms with Crippen molar-refractivity contribution >= 4 is 16.9 Å². The van der Waals surface area contributed by atoms with Crippen molar-refractivity contribution in [1.29, 1.82) is 0 Å². The molecule has 17 heavy (non-hydrogen) atoms. The highest BCUT2D eigenvalue weighted by Crippen LogP contribution is 2.32. The highest BCUT2D eigenvalue weighted by atomic mass is 16.1. The molecule has 1 saturated carbocycles. The van der Waals surface area contributed by atoms with Gasteiger partial charge in [-0.05, 0) is 19.8 Å². The van der Waals surface area contributed by atoms with E-state index >= 15 is 0 Å². The van der Waals surface area contributed by atoms with Gasteiger partial charge in [-0.1, -0.05) is 0 Å². The summed E-state index contributed by atoms with van der Waals surface area (Å²) >= 11 is 0. The van der Waals surface area contributed by atoms with E-state index in [1.165, 1.54) is 6.33 Å². The molecule has 5 heteroatoms. The molecule has 5 nitrogen and oxygen atoms in total. The van der Waals surface area contributed by atoms with Gasteiger partial charge in [0.05, 0.1) is 17.9 Å². The number of carbonyl (C=O) groups excluding carboxylic acids is 1. The monoisotopic (exact) mass is 230 g/mol. The summed E-state index contributed by atoms with van der Waals surface area (Å²) in [6, 6.07) is 0. The molecule has 2 aromatic rings. The van der Waals surface area contributed by atoms with E-state index in [0.29, 0.717) is 6.42 Å². The first-order valence-corrected chi connectivity index (χ1v) is 5.99. The number of carbonyl (C=O) groups is 1. The summed E-state index contributed by atoms with van der Waals surface area (Å²) in [4.78, 5) is 24.7. The van der Waals surface area contributed by atoms with Crippen LogP contribution in [0.25, 0.3) is 11.2 Å². The van der Waals surface area contributed by atoms with Crippen LogP contribution >= 0.6 is 0 Å². The SMILES string of the molecule is CCn1cnc2c(C3CCCC3=O)ncnc21. The molecule has 1 unspecified atom stereocenters. The van der Waals surface area contributed by atoms with Crippen LogP contribution in [0.1, 0.15) is 37.8 Å². The van der Waals surface area contributed by atoms with Crippen molar-refractivity contribution in [3.63, 3.8) is 0 Å². The zero-order valence-electron chi connectivity index (χ0n) is 9.76. The van der Waals surface area contributed by atoms with E-state index in [4.69, 9.17) is 0 Å². The summed E-state index contributed by atoms with van der Waals surface area (Å²) in [5.41, 5.74) is 2.43. The van der Waals surface area contributed by atoms with Gasteiger partial charge in [-0.15, -0.1) is 0 Å². The minimum Gasteiger partial charge on any atom is -0.315 e. The number of Topliss-reactive ketones (excluding diaryl/α,β-unsaturated/α-hetero) is 1. The Balaban J connectivity index is 2.16. The third-order valence-electron chi connectivity index (χ3n) is 3.40. The van der Waals surface area contributed by atoms with Gasteiger partial charge < -0.3 is 4.57 Å². The van der Waals surface area contributed by atoms with E-state index in [-0.39, 0.29) is 11.7 Å². The number of rotatable bonds is 2. The van der Waals surface area contributed by atoms with E-state index in [2.05, 4.69) is 15.0 Å². The normalized spacial score (nSPS) is 20.3. The third-order valence-corrected chi connectivity index (χ3v) is 3.40. The summed E-state index contributed by atoms with van der Waals surface area (Å²) in [5, 5.41) is 0. The molecule has 88 valence electrons. The van der Waals surface area contributed by atoms with E-state index in [1.54, 1.807) is 6.33 Å². The average molecular weight is 230 g/mol. The first kappa shape index (κ1) is 10.4. The molecular formula is C12H14N4O. The number of fused-ring (bicyclic) bond motifs is 1. The molecular weight excluding hydrogens is 216 g/mol. The third kappa shape index (κ3) is 1.53. The molecule has 1 fully saturated rings. The van der Waals surface area contributed by atoms with Crippen molar-refractivity contribution in [2.24, 2.45) is 0 Å². The van der Waals surface area contributed by atoms with Crippen LogP contribution in [0.15, 0.2) is 12.7 Å². The molecule has 0 spiro atoms. The van der Waals surface area contributed by atoms with Crippen molar-refractivity contribution in [2.75, 3.05) is 0 Å². The molecule has 0 radical (unpaired) electrons. The number of imidazole rings is 1. The van der Waals surface area contributed by atoms with Crippen molar-refractivity contribution in [3.8, 4) is 0 Å². The quantitative estimate of drug-likeness (QED) is 0.787. The van der Waals surface area contributed by atoms with Crippen LogP contribution in [0.4, 0.5) is 0 Å². The first-order chi connectivity index (χ1) is 8.31. The lowest BCUT2D eigenvalue weighted by molar-refractivity contribution is -0.118. The number of ketones is 1. The van der Waals surface area contributed by atoms with Crippen molar-refractivity contribution in [3.05, 3.63) is 18.3 Å². The van der Waals surface area contributed by atoms with E-state index < -0.39 is 0 Å². The van der Waals surface area contributed by atoms with Gasteiger partial charge in [-0.3, -0.25) is 4.79 Å².